The number of para-hydroxylation sites is 1. The molecule has 1 aliphatic heterocycles. The molecule has 0 radical (unpaired) electrons. The minimum Gasteiger partial charge on any atom is -0.486 e. The lowest BCUT2D eigenvalue weighted by atomic mass is 9.81. The summed E-state index contributed by atoms with van der Waals surface area (Å²) >= 11 is 0. The summed E-state index contributed by atoms with van der Waals surface area (Å²) in [5, 5.41) is 7.55. The molecule has 0 bridgehead atoms. The average molecular weight is 344 g/mol. The number of esters is 1. The second-order valence-electron chi connectivity index (χ2n) is 6.38. The van der Waals surface area contributed by atoms with E-state index in [2.05, 4.69) is 10.5 Å². The first-order valence-corrected chi connectivity index (χ1v) is 8.64. The number of hydrogen-bond acceptors (Lipinski definition) is 6. The molecular weight excluding hydrogens is 320 g/mol. The minimum absolute atomic E-state index is 0.144. The highest BCUT2D eigenvalue weighted by atomic mass is 16.5. The van der Waals surface area contributed by atoms with E-state index in [9.17, 15) is 4.79 Å². The van der Waals surface area contributed by atoms with Crippen LogP contribution < -0.4 is 10.1 Å². The molecule has 2 atom stereocenters. The normalized spacial score (nSPS) is 20.2. The van der Waals surface area contributed by atoms with Gasteiger partial charge in [-0.25, -0.2) is 0 Å². The number of hydrogen-bond donors (Lipinski definition) is 1. The van der Waals surface area contributed by atoms with Gasteiger partial charge in [0, 0.05) is 12.5 Å². The van der Waals surface area contributed by atoms with Gasteiger partial charge >= 0.3 is 5.97 Å². The molecule has 0 saturated carbocycles. The van der Waals surface area contributed by atoms with Crippen LogP contribution in [0.1, 0.15) is 24.3 Å². The number of benzene rings is 1. The average Bonchev–Trinajstić information content (AvgIpc) is 3.10. The Hall–Kier alpha value is -2.34. The standard InChI is InChI=1S/C19H24N2O4/c1-23-19(22)10-14-7-8-20-12-15(14)9-16-11-18(25-21-16)13-24-17-5-3-2-4-6-17/h2-6,11,14-15,20H,7-10,12-13H2,1H3/t14-,15-/m0/s1. The monoisotopic (exact) mass is 344 g/mol. The predicted molar refractivity (Wildman–Crippen MR) is 92.1 cm³/mol. The molecule has 0 aliphatic carbocycles. The quantitative estimate of drug-likeness (QED) is 0.778. The van der Waals surface area contributed by atoms with Crippen LogP contribution in [0.5, 0.6) is 5.75 Å². The van der Waals surface area contributed by atoms with Crippen LogP contribution in [-0.2, 0) is 22.6 Å². The first-order chi connectivity index (χ1) is 12.2. The Labute approximate surface area is 147 Å². The van der Waals surface area contributed by atoms with E-state index >= 15 is 0 Å². The molecule has 0 amide bonds. The Kier molecular flexibility index (Phi) is 6.06. The molecule has 1 saturated heterocycles. The van der Waals surface area contributed by atoms with Crippen LogP contribution in [0, 0.1) is 11.8 Å². The van der Waals surface area contributed by atoms with Gasteiger partial charge in [-0.15, -0.1) is 0 Å². The molecule has 6 nitrogen and oxygen atoms in total. The number of methoxy groups -OCH3 is 1. The van der Waals surface area contributed by atoms with Crippen molar-refractivity contribution >= 4 is 5.97 Å². The van der Waals surface area contributed by atoms with Crippen LogP contribution in [0.15, 0.2) is 40.9 Å². The Morgan fingerprint density at radius 3 is 2.96 bits per heavy atom. The molecule has 2 aromatic rings. The van der Waals surface area contributed by atoms with Crippen LogP contribution in [0.4, 0.5) is 0 Å². The fraction of sp³-hybridized carbons (Fsp3) is 0.474. The molecule has 25 heavy (non-hydrogen) atoms. The lowest BCUT2D eigenvalue weighted by Gasteiger charge is -2.31. The highest BCUT2D eigenvalue weighted by Gasteiger charge is 2.28. The zero-order chi connectivity index (χ0) is 17.5. The van der Waals surface area contributed by atoms with Crippen molar-refractivity contribution in [2.24, 2.45) is 11.8 Å². The summed E-state index contributed by atoms with van der Waals surface area (Å²) in [4.78, 5) is 11.6. The summed E-state index contributed by atoms with van der Waals surface area (Å²) in [5.41, 5.74) is 0.898. The largest absolute Gasteiger partial charge is 0.486 e. The van der Waals surface area contributed by atoms with Crippen LogP contribution in [0.3, 0.4) is 0 Å². The van der Waals surface area contributed by atoms with Gasteiger partial charge in [0.05, 0.1) is 12.8 Å². The highest BCUT2D eigenvalue weighted by molar-refractivity contribution is 5.69. The van der Waals surface area contributed by atoms with E-state index in [0.717, 1.165) is 37.4 Å². The first-order valence-electron chi connectivity index (χ1n) is 8.64. The topological polar surface area (TPSA) is 73.6 Å². The van der Waals surface area contributed by atoms with E-state index in [0.29, 0.717) is 30.6 Å². The number of piperidine rings is 1. The van der Waals surface area contributed by atoms with Crippen molar-refractivity contribution in [3.05, 3.63) is 47.9 Å². The number of carbonyl (C=O) groups is 1. The number of rotatable bonds is 7. The number of aromatic nitrogens is 1. The van der Waals surface area contributed by atoms with E-state index in [1.165, 1.54) is 7.11 Å². The molecule has 1 aliphatic rings. The summed E-state index contributed by atoms with van der Waals surface area (Å²) in [6, 6.07) is 11.6. The second-order valence-corrected chi connectivity index (χ2v) is 6.38. The lowest BCUT2D eigenvalue weighted by molar-refractivity contribution is -0.142. The van der Waals surface area contributed by atoms with E-state index in [4.69, 9.17) is 14.0 Å². The smallest absolute Gasteiger partial charge is 0.305 e. The fourth-order valence-electron chi connectivity index (χ4n) is 3.24. The molecule has 6 heteroatoms. The van der Waals surface area contributed by atoms with Crippen molar-refractivity contribution in [3.8, 4) is 5.75 Å². The SMILES string of the molecule is COC(=O)C[C@@H]1CCNC[C@@H]1Cc1cc(COc2ccccc2)on1. The zero-order valence-corrected chi connectivity index (χ0v) is 14.4. The van der Waals surface area contributed by atoms with Gasteiger partial charge in [-0.3, -0.25) is 4.79 Å². The molecule has 0 unspecified atom stereocenters. The van der Waals surface area contributed by atoms with Crippen molar-refractivity contribution in [3.63, 3.8) is 0 Å². The van der Waals surface area contributed by atoms with Crippen molar-refractivity contribution in [2.45, 2.75) is 25.9 Å². The van der Waals surface area contributed by atoms with Crippen LogP contribution >= 0.6 is 0 Å². The molecule has 1 aromatic heterocycles. The van der Waals surface area contributed by atoms with E-state index in [1.807, 2.05) is 36.4 Å². The predicted octanol–water partition coefficient (Wildman–Crippen LogP) is 2.58. The minimum atomic E-state index is -0.144. The Balaban J connectivity index is 1.55. The van der Waals surface area contributed by atoms with Gasteiger partial charge in [0.2, 0.25) is 0 Å². The molecule has 2 heterocycles. The Morgan fingerprint density at radius 2 is 2.16 bits per heavy atom. The zero-order valence-electron chi connectivity index (χ0n) is 14.4. The summed E-state index contributed by atoms with van der Waals surface area (Å²) in [6.45, 7) is 2.17. The van der Waals surface area contributed by atoms with Crippen molar-refractivity contribution < 1.29 is 18.8 Å². The van der Waals surface area contributed by atoms with Gasteiger partial charge in [-0.1, -0.05) is 23.4 Å². The fourth-order valence-corrected chi connectivity index (χ4v) is 3.24. The van der Waals surface area contributed by atoms with Crippen LogP contribution in [0.2, 0.25) is 0 Å². The van der Waals surface area contributed by atoms with Gasteiger partial charge in [0.25, 0.3) is 0 Å². The third-order valence-electron chi connectivity index (χ3n) is 4.63. The van der Waals surface area contributed by atoms with Crippen molar-refractivity contribution in [1.82, 2.24) is 10.5 Å². The molecule has 3 rings (SSSR count). The van der Waals surface area contributed by atoms with Crippen molar-refractivity contribution in [2.75, 3.05) is 20.2 Å². The summed E-state index contributed by atoms with van der Waals surface area (Å²) in [7, 11) is 1.44. The summed E-state index contributed by atoms with van der Waals surface area (Å²) in [6.07, 6.45) is 2.22. The molecule has 134 valence electrons. The van der Waals surface area contributed by atoms with Crippen LogP contribution in [-0.4, -0.2) is 31.3 Å². The lowest BCUT2D eigenvalue weighted by Crippen LogP contribution is -2.38. The summed E-state index contributed by atoms with van der Waals surface area (Å²) < 4.78 is 15.9. The summed E-state index contributed by atoms with van der Waals surface area (Å²) in [5.74, 6) is 2.02. The highest BCUT2D eigenvalue weighted by Crippen LogP contribution is 2.26. The Bertz CT molecular complexity index is 671. The van der Waals surface area contributed by atoms with E-state index in [1.54, 1.807) is 0 Å². The first kappa shape index (κ1) is 17.5. The number of ether oxygens (including phenoxy) is 2. The van der Waals surface area contributed by atoms with E-state index < -0.39 is 0 Å². The molecule has 1 aromatic carbocycles. The maximum atomic E-state index is 11.6. The number of carbonyl (C=O) groups excluding carboxylic acids is 1. The maximum Gasteiger partial charge on any atom is 0.305 e. The van der Waals surface area contributed by atoms with Gasteiger partial charge in [-0.2, -0.15) is 0 Å². The third kappa shape index (κ3) is 5.06. The van der Waals surface area contributed by atoms with Gasteiger partial charge in [0.1, 0.15) is 12.4 Å². The molecular formula is C19H24N2O4. The van der Waals surface area contributed by atoms with Crippen molar-refractivity contribution in [1.29, 1.82) is 0 Å². The second kappa shape index (κ2) is 8.67. The van der Waals surface area contributed by atoms with E-state index in [-0.39, 0.29) is 5.97 Å². The molecule has 1 fully saturated rings. The van der Waals surface area contributed by atoms with Gasteiger partial charge < -0.3 is 19.3 Å². The van der Waals surface area contributed by atoms with Gasteiger partial charge in [-0.05, 0) is 49.9 Å². The number of nitrogens with one attached hydrogen (secondary N) is 1. The molecule has 0 spiro atoms. The molecule has 1 N–H and O–H groups in total. The Morgan fingerprint density at radius 1 is 1.32 bits per heavy atom. The van der Waals surface area contributed by atoms with Gasteiger partial charge in [0.15, 0.2) is 5.76 Å². The van der Waals surface area contributed by atoms with Crippen LogP contribution in [0.25, 0.3) is 0 Å². The number of nitrogens with zero attached hydrogens (tertiary/aromatic N) is 1. The third-order valence-corrected chi connectivity index (χ3v) is 4.63. The maximum absolute atomic E-state index is 11.6.